The van der Waals surface area contributed by atoms with E-state index in [-0.39, 0.29) is 12.5 Å². The molecule has 1 aromatic carbocycles. The van der Waals surface area contributed by atoms with Gasteiger partial charge >= 0.3 is 5.97 Å². The molecule has 1 rings (SSSR count). The highest BCUT2D eigenvalue weighted by Crippen LogP contribution is 2.16. The van der Waals surface area contributed by atoms with Gasteiger partial charge in [0.05, 0.1) is 13.7 Å². The van der Waals surface area contributed by atoms with Crippen molar-refractivity contribution >= 4 is 5.97 Å². The van der Waals surface area contributed by atoms with Crippen LogP contribution >= 0.6 is 0 Å². The first-order chi connectivity index (χ1) is 9.21. The minimum Gasteiger partial charge on any atom is -0.492 e. The molecular formula is C14H22N2O3. The number of esters is 1. The molecule has 0 aliphatic rings. The molecule has 0 aliphatic heterocycles. The molecule has 0 heterocycles. The monoisotopic (exact) mass is 266 g/mol. The van der Waals surface area contributed by atoms with E-state index in [1.807, 2.05) is 36.1 Å². The second-order valence-electron chi connectivity index (χ2n) is 4.11. The Kier molecular flexibility index (Phi) is 6.92. The SMILES string of the molecule is CCN(CCOc1ccccc1CN)CC(=O)OC. The van der Waals surface area contributed by atoms with Crippen molar-refractivity contribution in [1.29, 1.82) is 0 Å². The average Bonchev–Trinajstić information content (AvgIpc) is 2.46. The van der Waals surface area contributed by atoms with Crippen LogP contribution in [0.5, 0.6) is 5.75 Å². The summed E-state index contributed by atoms with van der Waals surface area (Å²) < 4.78 is 10.3. The predicted molar refractivity (Wildman–Crippen MR) is 74.0 cm³/mol. The van der Waals surface area contributed by atoms with Gasteiger partial charge in [-0.25, -0.2) is 0 Å². The van der Waals surface area contributed by atoms with E-state index in [0.29, 0.717) is 19.7 Å². The molecule has 0 aromatic heterocycles. The van der Waals surface area contributed by atoms with Crippen molar-refractivity contribution in [3.8, 4) is 5.75 Å². The van der Waals surface area contributed by atoms with E-state index in [0.717, 1.165) is 17.9 Å². The lowest BCUT2D eigenvalue weighted by Crippen LogP contribution is -2.33. The topological polar surface area (TPSA) is 64.8 Å². The maximum atomic E-state index is 11.2. The smallest absolute Gasteiger partial charge is 0.319 e. The largest absolute Gasteiger partial charge is 0.492 e. The van der Waals surface area contributed by atoms with E-state index < -0.39 is 0 Å². The van der Waals surface area contributed by atoms with Gasteiger partial charge in [0, 0.05) is 18.7 Å². The Morgan fingerprint density at radius 3 is 2.74 bits per heavy atom. The van der Waals surface area contributed by atoms with Gasteiger partial charge in [-0.05, 0) is 12.6 Å². The Labute approximate surface area is 114 Å². The number of benzene rings is 1. The van der Waals surface area contributed by atoms with Crippen LogP contribution in [0.25, 0.3) is 0 Å². The number of para-hydroxylation sites is 1. The first-order valence-electron chi connectivity index (χ1n) is 6.41. The quantitative estimate of drug-likeness (QED) is 0.712. The number of likely N-dealkylation sites (N-methyl/N-ethyl adjacent to an activating group) is 1. The molecule has 1 aromatic rings. The molecule has 5 nitrogen and oxygen atoms in total. The maximum Gasteiger partial charge on any atom is 0.319 e. The van der Waals surface area contributed by atoms with E-state index in [1.165, 1.54) is 7.11 Å². The highest BCUT2D eigenvalue weighted by molar-refractivity contribution is 5.71. The van der Waals surface area contributed by atoms with Gasteiger partial charge < -0.3 is 15.2 Å². The second kappa shape index (κ2) is 8.50. The van der Waals surface area contributed by atoms with Crippen LogP contribution in [0.1, 0.15) is 12.5 Å². The lowest BCUT2D eigenvalue weighted by molar-refractivity contribution is -0.141. The molecule has 5 heteroatoms. The molecule has 0 unspecified atom stereocenters. The number of rotatable bonds is 8. The molecule has 0 bridgehead atoms. The third-order valence-corrected chi connectivity index (χ3v) is 2.89. The van der Waals surface area contributed by atoms with Crippen LogP contribution in [-0.4, -0.2) is 44.2 Å². The minimum atomic E-state index is -0.232. The Balaban J connectivity index is 2.41. The fraction of sp³-hybridized carbons (Fsp3) is 0.500. The molecule has 0 amide bonds. The van der Waals surface area contributed by atoms with Crippen LogP contribution in [0, 0.1) is 0 Å². The standard InChI is InChI=1S/C14H22N2O3/c1-3-16(11-14(17)18-2)8-9-19-13-7-5-4-6-12(13)10-15/h4-7H,3,8-11,15H2,1-2H3. The summed E-state index contributed by atoms with van der Waals surface area (Å²) in [6.45, 7) is 4.70. The van der Waals surface area contributed by atoms with Crippen LogP contribution in [0.15, 0.2) is 24.3 Å². The van der Waals surface area contributed by atoms with Crippen molar-refractivity contribution in [3.63, 3.8) is 0 Å². The van der Waals surface area contributed by atoms with Crippen molar-refractivity contribution in [2.75, 3.05) is 33.4 Å². The zero-order valence-electron chi connectivity index (χ0n) is 11.6. The van der Waals surface area contributed by atoms with Crippen LogP contribution < -0.4 is 10.5 Å². The molecule has 2 N–H and O–H groups in total. The number of ether oxygens (including phenoxy) is 2. The summed E-state index contributed by atoms with van der Waals surface area (Å²) in [6.07, 6.45) is 0. The zero-order chi connectivity index (χ0) is 14.1. The molecule has 0 atom stereocenters. The van der Waals surface area contributed by atoms with Crippen LogP contribution in [0.3, 0.4) is 0 Å². The molecule has 0 aliphatic carbocycles. The first-order valence-corrected chi connectivity index (χ1v) is 6.41. The number of carbonyl (C=O) groups is 1. The third kappa shape index (κ3) is 5.28. The summed E-state index contributed by atoms with van der Waals surface area (Å²) in [4.78, 5) is 13.2. The first kappa shape index (κ1) is 15.5. The summed E-state index contributed by atoms with van der Waals surface area (Å²) in [6, 6.07) is 7.70. The Bertz CT molecular complexity index is 396. The summed E-state index contributed by atoms with van der Waals surface area (Å²) in [5.41, 5.74) is 6.63. The highest BCUT2D eigenvalue weighted by Gasteiger charge is 2.09. The molecule has 0 saturated carbocycles. The van der Waals surface area contributed by atoms with Gasteiger partial charge in [-0.1, -0.05) is 25.1 Å². The average molecular weight is 266 g/mol. The van der Waals surface area contributed by atoms with Crippen molar-refractivity contribution < 1.29 is 14.3 Å². The molecule has 0 spiro atoms. The number of hydrogen-bond donors (Lipinski definition) is 1. The maximum absolute atomic E-state index is 11.2. The van der Waals surface area contributed by atoms with Crippen molar-refractivity contribution in [2.24, 2.45) is 5.73 Å². The lowest BCUT2D eigenvalue weighted by atomic mass is 10.2. The van der Waals surface area contributed by atoms with Crippen LogP contribution in [-0.2, 0) is 16.1 Å². The van der Waals surface area contributed by atoms with E-state index in [4.69, 9.17) is 10.5 Å². The summed E-state index contributed by atoms with van der Waals surface area (Å²) in [7, 11) is 1.39. The van der Waals surface area contributed by atoms with Gasteiger partial charge in [0.2, 0.25) is 0 Å². The number of hydrogen-bond acceptors (Lipinski definition) is 5. The fourth-order valence-electron chi connectivity index (χ4n) is 1.69. The molecule has 0 saturated heterocycles. The molecule has 106 valence electrons. The lowest BCUT2D eigenvalue weighted by Gasteiger charge is -2.19. The van der Waals surface area contributed by atoms with E-state index in [9.17, 15) is 4.79 Å². The van der Waals surface area contributed by atoms with E-state index in [2.05, 4.69) is 4.74 Å². The van der Waals surface area contributed by atoms with Gasteiger partial charge in [-0.2, -0.15) is 0 Å². The summed E-state index contributed by atoms with van der Waals surface area (Å²) in [5.74, 6) is 0.573. The fourth-order valence-corrected chi connectivity index (χ4v) is 1.69. The summed E-state index contributed by atoms with van der Waals surface area (Å²) in [5, 5.41) is 0. The molecule has 0 radical (unpaired) electrons. The number of nitrogens with zero attached hydrogens (tertiary/aromatic N) is 1. The van der Waals surface area contributed by atoms with Gasteiger partial charge in [0.15, 0.2) is 0 Å². The second-order valence-corrected chi connectivity index (χ2v) is 4.11. The van der Waals surface area contributed by atoms with Gasteiger partial charge in [-0.3, -0.25) is 9.69 Å². The van der Waals surface area contributed by atoms with Gasteiger partial charge in [0.1, 0.15) is 12.4 Å². The normalized spacial score (nSPS) is 10.5. The van der Waals surface area contributed by atoms with Crippen molar-refractivity contribution in [2.45, 2.75) is 13.5 Å². The van der Waals surface area contributed by atoms with E-state index in [1.54, 1.807) is 0 Å². The third-order valence-electron chi connectivity index (χ3n) is 2.89. The number of nitrogens with two attached hydrogens (primary N) is 1. The van der Waals surface area contributed by atoms with Gasteiger partial charge in [0.25, 0.3) is 0 Å². The van der Waals surface area contributed by atoms with E-state index >= 15 is 0 Å². The van der Waals surface area contributed by atoms with Crippen LogP contribution in [0.2, 0.25) is 0 Å². The highest BCUT2D eigenvalue weighted by atomic mass is 16.5. The van der Waals surface area contributed by atoms with Crippen LogP contribution in [0.4, 0.5) is 0 Å². The van der Waals surface area contributed by atoms with Crippen molar-refractivity contribution in [3.05, 3.63) is 29.8 Å². The Morgan fingerprint density at radius 2 is 2.11 bits per heavy atom. The number of methoxy groups -OCH3 is 1. The molecular weight excluding hydrogens is 244 g/mol. The number of carbonyl (C=O) groups excluding carboxylic acids is 1. The summed E-state index contributed by atoms with van der Waals surface area (Å²) >= 11 is 0. The zero-order valence-corrected chi connectivity index (χ0v) is 11.6. The Morgan fingerprint density at radius 1 is 1.37 bits per heavy atom. The predicted octanol–water partition coefficient (Wildman–Crippen LogP) is 1.02. The molecule has 19 heavy (non-hydrogen) atoms. The van der Waals surface area contributed by atoms with Crippen molar-refractivity contribution in [1.82, 2.24) is 4.90 Å². The Hall–Kier alpha value is -1.59. The minimum absolute atomic E-state index is 0.232. The molecule has 0 fully saturated rings. The van der Waals surface area contributed by atoms with Gasteiger partial charge in [-0.15, -0.1) is 0 Å².